The first-order valence-electron chi connectivity index (χ1n) is 8.41. The summed E-state index contributed by atoms with van der Waals surface area (Å²) in [5.41, 5.74) is 1.46. The highest BCUT2D eigenvalue weighted by atomic mass is 32.2. The minimum Gasteiger partial charge on any atom is -0.351 e. The zero-order valence-corrected chi connectivity index (χ0v) is 15.6. The first kappa shape index (κ1) is 18.6. The predicted octanol–water partition coefficient (Wildman–Crippen LogP) is 2.84. The molecule has 0 spiro atoms. The molecule has 1 aromatic heterocycles. The maximum absolute atomic E-state index is 12.5. The molecule has 0 aliphatic heterocycles. The molecule has 8 heteroatoms. The molecule has 0 fully saturated rings. The predicted molar refractivity (Wildman–Crippen MR) is 102 cm³/mol. The van der Waals surface area contributed by atoms with Gasteiger partial charge in [-0.25, -0.2) is 0 Å². The third kappa shape index (κ3) is 4.71. The number of benzene rings is 2. The number of aromatic nitrogens is 4. The van der Waals surface area contributed by atoms with Gasteiger partial charge in [-0.2, -0.15) is 9.94 Å². The SMILES string of the molecule is CC(C#N)CNC(=O)c1ccccc1SCc1nnnn1-c1ccccc1. The zero-order valence-electron chi connectivity index (χ0n) is 14.7. The molecular weight excluding hydrogens is 360 g/mol. The smallest absolute Gasteiger partial charge is 0.252 e. The summed E-state index contributed by atoms with van der Waals surface area (Å²) in [7, 11) is 0. The van der Waals surface area contributed by atoms with Crippen LogP contribution in [0.5, 0.6) is 0 Å². The summed E-state index contributed by atoms with van der Waals surface area (Å²) in [6, 6.07) is 19.1. The number of thioether (sulfide) groups is 1. The van der Waals surface area contributed by atoms with Crippen molar-refractivity contribution < 1.29 is 4.79 Å². The van der Waals surface area contributed by atoms with Crippen molar-refractivity contribution in [1.29, 1.82) is 5.26 Å². The number of tetrazole rings is 1. The van der Waals surface area contributed by atoms with Crippen molar-refractivity contribution >= 4 is 17.7 Å². The van der Waals surface area contributed by atoms with Crippen LogP contribution in [0.1, 0.15) is 23.1 Å². The van der Waals surface area contributed by atoms with E-state index in [0.29, 0.717) is 23.7 Å². The fourth-order valence-electron chi connectivity index (χ4n) is 2.37. The van der Waals surface area contributed by atoms with Crippen LogP contribution in [-0.2, 0) is 5.75 Å². The summed E-state index contributed by atoms with van der Waals surface area (Å²) < 4.78 is 1.68. The minimum absolute atomic E-state index is 0.192. The van der Waals surface area contributed by atoms with Gasteiger partial charge in [0.2, 0.25) is 0 Å². The summed E-state index contributed by atoms with van der Waals surface area (Å²) >= 11 is 1.49. The molecule has 1 heterocycles. The van der Waals surface area contributed by atoms with Crippen LogP contribution in [0.4, 0.5) is 0 Å². The number of rotatable bonds is 7. The van der Waals surface area contributed by atoms with Gasteiger partial charge in [0.15, 0.2) is 5.82 Å². The van der Waals surface area contributed by atoms with Crippen LogP contribution in [0.25, 0.3) is 5.69 Å². The van der Waals surface area contributed by atoms with E-state index in [0.717, 1.165) is 10.6 Å². The monoisotopic (exact) mass is 378 g/mol. The molecule has 3 aromatic rings. The molecule has 0 saturated heterocycles. The molecule has 0 aliphatic rings. The largest absolute Gasteiger partial charge is 0.351 e. The molecule has 27 heavy (non-hydrogen) atoms. The number of amides is 1. The Labute approximate surface area is 161 Å². The number of hydrogen-bond acceptors (Lipinski definition) is 6. The Morgan fingerprint density at radius 1 is 1.22 bits per heavy atom. The molecule has 1 unspecified atom stereocenters. The van der Waals surface area contributed by atoms with E-state index in [1.54, 1.807) is 17.7 Å². The summed E-state index contributed by atoms with van der Waals surface area (Å²) in [6.45, 7) is 2.09. The van der Waals surface area contributed by atoms with Crippen LogP contribution >= 0.6 is 11.8 Å². The summed E-state index contributed by atoms with van der Waals surface area (Å²) in [5.74, 6) is 0.785. The van der Waals surface area contributed by atoms with E-state index < -0.39 is 0 Å². The van der Waals surface area contributed by atoms with Crippen LogP contribution in [-0.4, -0.2) is 32.7 Å². The van der Waals surface area contributed by atoms with Crippen molar-refractivity contribution in [2.45, 2.75) is 17.6 Å². The Morgan fingerprint density at radius 3 is 2.74 bits per heavy atom. The van der Waals surface area contributed by atoms with E-state index in [1.165, 1.54) is 11.8 Å². The van der Waals surface area contributed by atoms with Crippen LogP contribution < -0.4 is 5.32 Å². The normalized spacial score (nSPS) is 11.6. The number of nitrogens with one attached hydrogen (secondary N) is 1. The van der Waals surface area contributed by atoms with Gasteiger partial charge < -0.3 is 5.32 Å². The van der Waals surface area contributed by atoms with Gasteiger partial charge in [-0.15, -0.1) is 16.9 Å². The number of nitriles is 1. The third-order valence-electron chi connectivity index (χ3n) is 3.81. The average Bonchev–Trinajstić information content (AvgIpc) is 3.19. The molecule has 1 amide bonds. The Kier molecular flexibility index (Phi) is 6.18. The van der Waals surface area contributed by atoms with Crippen LogP contribution in [0.3, 0.4) is 0 Å². The van der Waals surface area contributed by atoms with E-state index in [-0.39, 0.29) is 11.8 Å². The fourth-order valence-corrected chi connectivity index (χ4v) is 3.33. The highest BCUT2D eigenvalue weighted by Gasteiger charge is 2.14. The van der Waals surface area contributed by atoms with Gasteiger partial charge >= 0.3 is 0 Å². The zero-order chi connectivity index (χ0) is 19.1. The van der Waals surface area contributed by atoms with Crippen molar-refractivity contribution in [2.75, 3.05) is 6.54 Å². The fraction of sp³-hybridized carbons (Fsp3) is 0.211. The lowest BCUT2D eigenvalue weighted by Crippen LogP contribution is -2.28. The standard InChI is InChI=1S/C19H18N6OS/c1-14(11-20)12-21-19(26)16-9-5-6-10-17(16)27-13-18-22-23-24-25(18)15-7-3-2-4-8-15/h2-10,14H,12-13H2,1H3,(H,21,26). The Balaban J connectivity index is 1.72. The van der Waals surface area contributed by atoms with Gasteiger partial charge in [0, 0.05) is 11.4 Å². The topological polar surface area (TPSA) is 96.5 Å². The van der Waals surface area contributed by atoms with Gasteiger partial charge in [0.1, 0.15) is 0 Å². The lowest BCUT2D eigenvalue weighted by Gasteiger charge is -2.10. The molecule has 2 aromatic carbocycles. The maximum atomic E-state index is 12.5. The Morgan fingerprint density at radius 2 is 1.96 bits per heavy atom. The summed E-state index contributed by atoms with van der Waals surface area (Å²) in [4.78, 5) is 13.3. The second kappa shape index (κ2) is 8.96. The number of carbonyl (C=O) groups is 1. The van der Waals surface area contributed by atoms with E-state index >= 15 is 0 Å². The first-order valence-corrected chi connectivity index (χ1v) is 9.40. The molecule has 0 bridgehead atoms. The molecule has 1 N–H and O–H groups in total. The minimum atomic E-state index is -0.232. The van der Waals surface area contributed by atoms with Gasteiger partial charge in [0.25, 0.3) is 5.91 Å². The molecular formula is C19H18N6OS. The first-order chi connectivity index (χ1) is 13.2. The summed E-state index contributed by atoms with van der Waals surface area (Å²) in [5, 5.41) is 23.6. The molecule has 1 atom stereocenters. The van der Waals surface area contributed by atoms with Crippen molar-refractivity contribution in [3.63, 3.8) is 0 Å². The number of para-hydroxylation sites is 1. The van der Waals surface area contributed by atoms with Gasteiger partial charge in [-0.05, 0) is 41.6 Å². The second-order valence-corrected chi connectivity index (χ2v) is 6.88. The molecule has 0 radical (unpaired) electrons. The highest BCUT2D eigenvalue weighted by molar-refractivity contribution is 7.98. The van der Waals surface area contributed by atoms with Crippen LogP contribution in [0.2, 0.25) is 0 Å². The molecule has 136 valence electrons. The molecule has 0 aliphatic carbocycles. The van der Waals surface area contributed by atoms with Crippen LogP contribution in [0.15, 0.2) is 59.5 Å². The lowest BCUT2D eigenvalue weighted by atomic mass is 10.2. The number of nitrogens with zero attached hydrogens (tertiary/aromatic N) is 5. The van der Waals surface area contributed by atoms with Crippen molar-refractivity contribution in [3.05, 3.63) is 66.0 Å². The van der Waals surface area contributed by atoms with Gasteiger partial charge in [0.05, 0.1) is 29.0 Å². The van der Waals surface area contributed by atoms with E-state index in [1.807, 2.05) is 48.5 Å². The molecule has 7 nitrogen and oxygen atoms in total. The van der Waals surface area contributed by atoms with Crippen LogP contribution in [0, 0.1) is 17.2 Å². The lowest BCUT2D eigenvalue weighted by molar-refractivity contribution is 0.0948. The van der Waals surface area contributed by atoms with Crippen molar-refractivity contribution in [3.8, 4) is 11.8 Å². The Hall–Kier alpha value is -3.18. The second-order valence-electron chi connectivity index (χ2n) is 5.87. The van der Waals surface area contributed by atoms with E-state index in [4.69, 9.17) is 5.26 Å². The quantitative estimate of drug-likeness (QED) is 0.635. The average molecular weight is 378 g/mol. The third-order valence-corrected chi connectivity index (χ3v) is 4.88. The van der Waals surface area contributed by atoms with E-state index in [2.05, 4.69) is 26.9 Å². The van der Waals surface area contributed by atoms with Gasteiger partial charge in [-0.3, -0.25) is 4.79 Å². The Bertz CT molecular complexity index is 950. The van der Waals surface area contributed by atoms with Crippen molar-refractivity contribution in [2.24, 2.45) is 5.92 Å². The molecule has 3 rings (SSSR count). The molecule has 0 saturated carbocycles. The number of carbonyl (C=O) groups excluding carboxylic acids is 1. The number of hydrogen-bond donors (Lipinski definition) is 1. The van der Waals surface area contributed by atoms with Gasteiger partial charge in [-0.1, -0.05) is 30.3 Å². The van der Waals surface area contributed by atoms with Crippen molar-refractivity contribution in [1.82, 2.24) is 25.5 Å². The highest BCUT2D eigenvalue weighted by Crippen LogP contribution is 2.26. The summed E-state index contributed by atoms with van der Waals surface area (Å²) in [6.07, 6.45) is 0. The van der Waals surface area contributed by atoms with E-state index in [9.17, 15) is 4.79 Å². The maximum Gasteiger partial charge on any atom is 0.252 e.